The van der Waals surface area contributed by atoms with Crippen molar-refractivity contribution in [3.05, 3.63) is 29.8 Å². The second-order valence-corrected chi connectivity index (χ2v) is 5.53. The maximum absolute atomic E-state index is 12.2. The molecule has 1 aromatic carbocycles. The van der Waals surface area contributed by atoms with Gasteiger partial charge >= 0.3 is 0 Å². The molecule has 0 bridgehead atoms. The van der Waals surface area contributed by atoms with Crippen LogP contribution in [0.3, 0.4) is 0 Å². The summed E-state index contributed by atoms with van der Waals surface area (Å²) in [6, 6.07) is 7.94. The van der Waals surface area contributed by atoms with E-state index in [2.05, 4.69) is 10.5 Å². The number of amides is 1. The van der Waals surface area contributed by atoms with Crippen LogP contribution in [0.15, 0.2) is 29.4 Å². The fourth-order valence-corrected chi connectivity index (χ4v) is 2.92. The van der Waals surface area contributed by atoms with Crippen molar-refractivity contribution in [2.24, 2.45) is 5.16 Å². The number of carbonyl (C=O) groups excluding carboxylic acids is 1. The number of hydrogen-bond donors (Lipinski definition) is 1. The normalized spacial score (nSPS) is 21.8. The van der Waals surface area contributed by atoms with Gasteiger partial charge in [0.25, 0.3) is 5.91 Å². The summed E-state index contributed by atoms with van der Waals surface area (Å²) in [6.07, 6.45) is 4.49. The summed E-state index contributed by atoms with van der Waals surface area (Å²) in [5.74, 6) is 0.687. The molecular weight excluding hydrogens is 268 g/mol. The lowest BCUT2D eigenvalue weighted by atomic mass is 10.0. The standard InChI is InChI=1S/C16H20N2O3/c1-20-14-9-5-4-8-12(14)13-10-15(21-18-13)16(19)17-11-6-2-3-7-11/h4-5,8-9,11,15H,2-3,6-7,10H2,1H3,(H,17,19). The van der Waals surface area contributed by atoms with E-state index in [1.807, 2.05) is 24.3 Å². The molecule has 112 valence electrons. The van der Waals surface area contributed by atoms with Crippen molar-refractivity contribution in [2.75, 3.05) is 7.11 Å². The third-order valence-electron chi connectivity index (χ3n) is 4.08. The van der Waals surface area contributed by atoms with E-state index in [0.717, 1.165) is 29.9 Å². The summed E-state index contributed by atoms with van der Waals surface area (Å²) in [5.41, 5.74) is 1.65. The van der Waals surface area contributed by atoms with Crippen LogP contribution >= 0.6 is 0 Å². The fourth-order valence-electron chi connectivity index (χ4n) is 2.92. The van der Waals surface area contributed by atoms with Gasteiger partial charge in [-0.15, -0.1) is 0 Å². The van der Waals surface area contributed by atoms with Gasteiger partial charge in [-0.1, -0.05) is 30.1 Å². The van der Waals surface area contributed by atoms with Crippen LogP contribution in [0.5, 0.6) is 5.75 Å². The van der Waals surface area contributed by atoms with E-state index in [9.17, 15) is 4.79 Å². The number of methoxy groups -OCH3 is 1. The highest BCUT2D eigenvalue weighted by Crippen LogP contribution is 2.25. The first-order chi connectivity index (χ1) is 10.3. The number of nitrogens with one attached hydrogen (secondary N) is 1. The Morgan fingerprint density at radius 1 is 1.33 bits per heavy atom. The van der Waals surface area contributed by atoms with Crippen LogP contribution in [0.4, 0.5) is 0 Å². The number of oxime groups is 1. The summed E-state index contributed by atoms with van der Waals surface area (Å²) in [5, 5.41) is 7.12. The zero-order valence-electron chi connectivity index (χ0n) is 12.2. The van der Waals surface area contributed by atoms with Crippen molar-refractivity contribution < 1.29 is 14.4 Å². The van der Waals surface area contributed by atoms with Gasteiger partial charge in [0.2, 0.25) is 6.10 Å². The molecule has 3 rings (SSSR count). The smallest absolute Gasteiger partial charge is 0.264 e. The van der Waals surface area contributed by atoms with Gasteiger partial charge in [-0.25, -0.2) is 0 Å². The minimum Gasteiger partial charge on any atom is -0.496 e. The second-order valence-electron chi connectivity index (χ2n) is 5.53. The molecule has 5 nitrogen and oxygen atoms in total. The highest BCUT2D eigenvalue weighted by Gasteiger charge is 2.31. The number of hydrogen-bond acceptors (Lipinski definition) is 4. The maximum Gasteiger partial charge on any atom is 0.264 e. The Kier molecular flexibility index (Phi) is 4.08. The Morgan fingerprint density at radius 3 is 2.86 bits per heavy atom. The molecule has 1 fully saturated rings. The molecule has 1 atom stereocenters. The molecular formula is C16H20N2O3. The average molecular weight is 288 g/mol. The minimum absolute atomic E-state index is 0.0597. The lowest BCUT2D eigenvalue weighted by Gasteiger charge is -2.14. The number of benzene rings is 1. The van der Waals surface area contributed by atoms with E-state index in [1.165, 1.54) is 12.8 Å². The van der Waals surface area contributed by atoms with E-state index >= 15 is 0 Å². The first kappa shape index (κ1) is 13.9. The topological polar surface area (TPSA) is 59.9 Å². The molecule has 1 saturated carbocycles. The number of nitrogens with zero attached hydrogens (tertiary/aromatic N) is 1. The van der Waals surface area contributed by atoms with E-state index in [-0.39, 0.29) is 5.91 Å². The molecule has 0 saturated heterocycles. The van der Waals surface area contributed by atoms with Gasteiger partial charge in [-0.2, -0.15) is 0 Å². The number of rotatable bonds is 4. The average Bonchev–Trinajstić information content (AvgIpc) is 3.18. The molecule has 0 aromatic heterocycles. The van der Waals surface area contributed by atoms with Crippen molar-refractivity contribution in [3.63, 3.8) is 0 Å². The molecule has 0 spiro atoms. The number of para-hydroxylation sites is 1. The Bertz CT molecular complexity index is 550. The van der Waals surface area contributed by atoms with Crippen LogP contribution in [0.25, 0.3) is 0 Å². The molecule has 1 aliphatic carbocycles. The molecule has 5 heteroatoms. The molecule has 1 heterocycles. The quantitative estimate of drug-likeness (QED) is 0.924. The summed E-state index contributed by atoms with van der Waals surface area (Å²) >= 11 is 0. The molecule has 1 unspecified atom stereocenters. The van der Waals surface area contributed by atoms with Gasteiger partial charge in [0, 0.05) is 18.0 Å². The largest absolute Gasteiger partial charge is 0.496 e. The molecule has 1 aromatic rings. The van der Waals surface area contributed by atoms with Crippen molar-refractivity contribution in [1.29, 1.82) is 0 Å². The first-order valence-electron chi connectivity index (χ1n) is 7.44. The predicted octanol–water partition coefficient (Wildman–Crippen LogP) is 2.25. The van der Waals surface area contributed by atoms with Crippen molar-refractivity contribution in [1.82, 2.24) is 5.32 Å². The Hall–Kier alpha value is -2.04. The van der Waals surface area contributed by atoms with Crippen LogP contribution in [0, 0.1) is 0 Å². The van der Waals surface area contributed by atoms with Crippen molar-refractivity contribution in [3.8, 4) is 5.75 Å². The van der Waals surface area contributed by atoms with Gasteiger partial charge in [0.05, 0.1) is 12.8 Å². The monoisotopic (exact) mass is 288 g/mol. The summed E-state index contributed by atoms with van der Waals surface area (Å²) in [7, 11) is 1.62. The lowest BCUT2D eigenvalue weighted by Crippen LogP contribution is -2.40. The predicted molar refractivity (Wildman–Crippen MR) is 79.4 cm³/mol. The summed E-state index contributed by atoms with van der Waals surface area (Å²) < 4.78 is 5.32. The van der Waals surface area contributed by atoms with Crippen LogP contribution in [-0.2, 0) is 9.63 Å². The molecule has 1 amide bonds. The van der Waals surface area contributed by atoms with E-state index in [0.29, 0.717) is 12.5 Å². The minimum atomic E-state index is -0.523. The van der Waals surface area contributed by atoms with Gasteiger partial charge in [-0.3, -0.25) is 4.79 Å². The van der Waals surface area contributed by atoms with E-state index in [1.54, 1.807) is 7.11 Å². The third-order valence-corrected chi connectivity index (χ3v) is 4.08. The SMILES string of the molecule is COc1ccccc1C1=NOC(C(=O)NC2CCCC2)C1. The van der Waals surface area contributed by atoms with Gasteiger partial charge in [0.15, 0.2) is 0 Å². The van der Waals surface area contributed by atoms with Gasteiger partial charge < -0.3 is 14.9 Å². The lowest BCUT2D eigenvalue weighted by molar-refractivity contribution is -0.131. The second kappa shape index (κ2) is 6.16. The Labute approximate surface area is 124 Å². The van der Waals surface area contributed by atoms with Gasteiger partial charge in [-0.05, 0) is 25.0 Å². The molecule has 1 aliphatic heterocycles. The molecule has 0 radical (unpaired) electrons. The Morgan fingerprint density at radius 2 is 2.10 bits per heavy atom. The third kappa shape index (κ3) is 3.01. The number of carbonyl (C=O) groups is 1. The van der Waals surface area contributed by atoms with Crippen molar-refractivity contribution in [2.45, 2.75) is 44.2 Å². The Balaban J connectivity index is 1.62. The van der Waals surface area contributed by atoms with Gasteiger partial charge in [0.1, 0.15) is 5.75 Å². The fraction of sp³-hybridized carbons (Fsp3) is 0.500. The molecule has 2 aliphatic rings. The van der Waals surface area contributed by atoms with Crippen LogP contribution in [-0.4, -0.2) is 30.9 Å². The van der Waals surface area contributed by atoms with Crippen LogP contribution < -0.4 is 10.1 Å². The maximum atomic E-state index is 12.2. The zero-order chi connectivity index (χ0) is 14.7. The molecule has 21 heavy (non-hydrogen) atoms. The summed E-state index contributed by atoms with van der Waals surface area (Å²) in [6.45, 7) is 0. The van der Waals surface area contributed by atoms with Crippen LogP contribution in [0.1, 0.15) is 37.7 Å². The summed E-state index contributed by atoms with van der Waals surface area (Å²) in [4.78, 5) is 17.5. The van der Waals surface area contributed by atoms with E-state index in [4.69, 9.17) is 9.57 Å². The van der Waals surface area contributed by atoms with E-state index < -0.39 is 6.10 Å². The highest BCUT2D eigenvalue weighted by atomic mass is 16.6. The zero-order valence-corrected chi connectivity index (χ0v) is 12.2. The van der Waals surface area contributed by atoms with Crippen LogP contribution in [0.2, 0.25) is 0 Å². The van der Waals surface area contributed by atoms with Crippen molar-refractivity contribution >= 4 is 11.6 Å². The first-order valence-corrected chi connectivity index (χ1v) is 7.44. The molecule has 1 N–H and O–H groups in total. The highest BCUT2D eigenvalue weighted by molar-refractivity contribution is 6.05. The number of ether oxygens (including phenoxy) is 1.